The van der Waals surface area contributed by atoms with E-state index in [1.807, 2.05) is 59.5 Å². The van der Waals surface area contributed by atoms with Crippen LogP contribution in [0.1, 0.15) is 30.8 Å². The predicted molar refractivity (Wildman–Crippen MR) is 107 cm³/mol. The average Bonchev–Trinajstić information content (AvgIpc) is 3.13. The van der Waals surface area contributed by atoms with Crippen molar-refractivity contribution < 1.29 is 4.79 Å². The summed E-state index contributed by atoms with van der Waals surface area (Å²) >= 11 is 0. The van der Waals surface area contributed by atoms with Crippen molar-refractivity contribution in [1.82, 2.24) is 24.3 Å². The number of amides is 1. The highest BCUT2D eigenvalue weighted by molar-refractivity contribution is 5.82. The first kappa shape index (κ1) is 17.9. The minimum atomic E-state index is -0.208. The zero-order valence-electron chi connectivity index (χ0n) is 15.8. The largest absolute Gasteiger partial charge is 0.346 e. The molecule has 1 aromatic carbocycles. The molecule has 0 radical (unpaired) electrons. The quantitative estimate of drug-likeness (QED) is 0.581. The molecule has 0 aliphatic carbocycles. The standard InChI is InChI=1S/C21H21N5O2/c1-3-16(17-12-25-10-6-9-22-21(25)24-17)23-20(28)13-26-14(2)11-19(27)15-7-4-5-8-18(15)26/h4-12,16H,3,13H2,1-2H3,(H,23,28)/t16-/m1/s1. The van der Waals surface area contributed by atoms with Crippen LogP contribution in [0, 0.1) is 6.92 Å². The van der Waals surface area contributed by atoms with Crippen LogP contribution in [0.2, 0.25) is 0 Å². The molecular weight excluding hydrogens is 354 g/mol. The third kappa shape index (κ3) is 3.26. The fourth-order valence-corrected chi connectivity index (χ4v) is 3.45. The number of carbonyl (C=O) groups is 1. The predicted octanol–water partition coefficient (Wildman–Crippen LogP) is 2.62. The van der Waals surface area contributed by atoms with Crippen molar-refractivity contribution in [2.75, 3.05) is 0 Å². The second kappa shape index (κ2) is 7.26. The second-order valence-corrected chi connectivity index (χ2v) is 6.77. The third-order valence-electron chi connectivity index (χ3n) is 4.88. The zero-order valence-corrected chi connectivity index (χ0v) is 15.8. The van der Waals surface area contributed by atoms with Gasteiger partial charge in [-0.1, -0.05) is 19.1 Å². The Hall–Kier alpha value is -3.48. The van der Waals surface area contributed by atoms with Gasteiger partial charge in [0.2, 0.25) is 11.7 Å². The van der Waals surface area contributed by atoms with Gasteiger partial charge in [0.25, 0.3) is 0 Å². The molecule has 0 saturated heterocycles. The molecule has 7 heteroatoms. The molecule has 0 aliphatic heterocycles. The van der Waals surface area contributed by atoms with Gasteiger partial charge in [0, 0.05) is 35.7 Å². The maximum Gasteiger partial charge on any atom is 0.240 e. The summed E-state index contributed by atoms with van der Waals surface area (Å²) in [4.78, 5) is 33.7. The number of aromatic nitrogens is 4. The van der Waals surface area contributed by atoms with Crippen LogP contribution in [0.3, 0.4) is 0 Å². The molecule has 4 aromatic rings. The molecule has 0 aliphatic rings. The number of fused-ring (bicyclic) bond motifs is 2. The molecule has 0 fully saturated rings. The van der Waals surface area contributed by atoms with E-state index in [0.717, 1.165) is 16.9 Å². The van der Waals surface area contributed by atoms with Crippen LogP contribution < -0.4 is 10.7 Å². The van der Waals surface area contributed by atoms with Crippen molar-refractivity contribution in [3.8, 4) is 0 Å². The number of rotatable bonds is 5. The lowest BCUT2D eigenvalue weighted by molar-refractivity contribution is -0.122. The molecular formula is C21H21N5O2. The maximum absolute atomic E-state index is 12.8. The van der Waals surface area contributed by atoms with E-state index < -0.39 is 0 Å². The maximum atomic E-state index is 12.8. The molecule has 3 aromatic heterocycles. The van der Waals surface area contributed by atoms with Crippen LogP contribution in [0.25, 0.3) is 16.7 Å². The topological polar surface area (TPSA) is 81.3 Å². The van der Waals surface area contributed by atoms with Crippen molar-refractivity contribution in [2.45, 2.75) is 32.9 Å². The van der Waals surface area contributed by atoms with E-state index in [4.69, 9.17) is 0 Å². The lowest BCUT2D eigenvalue weighted by Crippen LogP contribution is -2.32. The molecule has 0 unspecified atom stereocenters. The molecule has 1 atom stereocenters. The highest BCUT2D eigenvalue weighted by atomic mass is 16.2. The van der Waals surface area contributed by atoms with Crippen LogP contribution >= 0.6 is 0 Å². The Morgan fingerprint density at radius 2 is 2.07 bits per heavy atom. The first-order valence-electron chi connectivity index (χ1n) is 9.25. The Labute approximate surface area is 161 Å². The normalized spacial score (nSPS) is 12.4. The number of carbonyl (C=O) groups excluding carboxylic acids is 1. The lowest BCUT2D eigenvalue weighted by atomic mass is 10.1. The SMILES string of the molecule is CC[C@@H](NC(=O)Cn1c(C)cc(=O)c2ccccc21)c1cn2cccnc2n1. The van der Waals surface area contributed by atoms with Gasteiger partial charge in [0.1, 0.15) is 6.54 Å². The summed E-state index contributed by atoms with van der Waals surface area (Å²) in [6, 6.07) is 10.5. The van der Waals surface area contributed by atoms with Crippen LogP contribution in [0.4, 0.5) is 0 Å². The number of nitrogens with one attached hydrogen (secondary N) is 1. The minimum absolute atomic E-state index is 0.0339. The smallest absolute Gasteiger partial charge is 0.240 e. The van der Waals surface area contributed by atoms with Gasteiger partial charge in [-0.3, -0.25) is 14.0 Å². The summed E-state index contributed by atoms with van der Waals surface area (Å²) in [5.74, 6) is 0.473. The highest BCUT2D eigenvalue weighted by Gasteiger charge is 2.17. The molecule has 1 N–H and O–H groups in total. The first-order chi connectivity index (χ1) is 13.6. The van der Waals surface area contributed by atoms with Crippen molar-refractivity contribution in [1.29, 1.82) is 0 Å². The average molecular weight is 375 g/mol. The van der Waals surface area contributed by atoms with Crippen LogP contribution in [0.15, 0.2) is 59.8 Å². The number of pyridine rings is 1. The summed E-state index contributed by atoms with van der Waals surface area (Å²) < 4.78 is 3.70. The second-order valence-electron chi connectivity index (χ2n) is 6.77. The number of nitrogens with zero attached hydrogens (tertiary/aromatic N) is 4. The van der Waals surface area contributed by atoms with Crippen LogP contribution in [-0.2, 0) is 11.3 Å². The molecule has 4 rings (SSSR count). The van der Waals surface area contributed by atoms with Crippen molar-refractivity contribution in [3.63, 3.8) is 0 Å². The molecule has 0 saturated carbocycles. The Bertz CT molecular complexity index is 1190. The monoisotopic (exact) mass is 375 g/mol. The van der Waals surface area contributed by atoms with Gasteiger partial charge < -0.3 is 9.88 Å². The molecule has 0 spiro atoms. The van der Waals surface area contributed by atoms with Crippen molar-refractivity contribution in [3.05, 3.63) is 76.6 Å². The van der Waals surface area contributed by atoms with E-state index in [1.165, 1.54) is 0 Å². The van der Waals surface area contributed by atoms with E-state index in [9.17, 15) is 9.59 Å². The van der Waals surface area contributed by atoms with E-state index in [2.05, 4.69) is 15.3 Å². The molecule has 28 heavy (non-hydrogen) atoms. The molecule has 0 bridgehead atoms. The van der Waals surface area contributed by atoms with Gasteiger partial charge in [-0.15, -0.1) is 0 Å². The fraction of sp³-hybridized carbons (Fsp3) is 0.238. The number of para-hydroxylation sites is 1. The Morgan fingerprint density at radius 3 is 2.86 bits per heavy atom. The number of imidazole rings is 1. The summed E-state index contributed by atoms with van der Waals surface area (Å²) in [5.41, 5.74) is 2.25. The molecule has 7 nitrogen and oxygen atoms in total. The van der Waals surface area contributed by atoms with Gasteiger partial charge in [-0.2, -0.15) is 0 Å². The van der Waals surface area contributed by atoms with Crippen LogP contribution in [-0.4, -0.2) is 24.8 Å². The summed E-state index contributed by atoms with van der Waals surface area (Å²) in [7, 11) is 0. The zero-order chi connectivity index (χ0) is 19.7. The van der Waals surface area contributed by atoms with Gasteiger partial charge in [0.15, 0.2) is 5.43 Å². The van der Waals surface area contributed by atoms with E-state index >= 15 is 0 Å². The van der Waals surface area contributed by atoms with Gasteiger partial charge in [-0.25, -0.2) is 9.97 Å². The molecule has 142 valence electrons. The number of benzene rings is 1. The summed E-state index contributed by atoms with van der Waals surface area (Å²) in [6.07, 6.45) is 6.16. The lowest BCUT2D eigenvalue weighted by Gasteiger charge is -2.18. The third-order valence-corrected chi connectivity index (χ3v) is 4.88. The van der Waals surface area contributed by atoms with Crippen LogP contribution in [0.5, 0.6) is 0 Å². The Kier molecular flexibility index (Phi) is 4.65. The molecule has 1 amide bonds. The van der Waals surface area contributed by atoms with Gasteiger partial charge >= 0.3 is 0 Å². The number of aryl methyl sites for hydroxylation is 1. The fourth-order valence-electron chi connectivity index (χ4n) is 3.45. The van der Waals surface area contributed by atoms with E-state index in [-0.39, 0.29) is 23.9 Å². The van der Waals surface area contributed by atoms with E-state index in [0.29, 0.717) is 17.6 Å². The van der Waals surface area contributed by atoms with Gasteiger partial charge in [0.05, 0.1) is 17.3 Å². The summed E-state index contributed by atoms with van der Waals surface area (Å²) in [5, 5.41) is 3.67. The van der Waals surface area contributed by atoms with Crippen molar-refractivity contribution >= 4 is 22.6 Å². The van der Waals surface area contributed by atoms with Crippen molar-refractivity contribution in [2.24, 2.45) is 0 Å². The minimum Gasteiger partial charge on any atom is -0.346 e. The highest BCUT2D eigenvalue weighted by Crippen LogP contribution is 2.17. The number of hydrogen-bond donors (Lipinski definition) is 1. The number of hydrogen-bond acceptors (Lipinski definition) is 4. The Morgan fingerprint density at radius 1 is 1.25 bits per heavy atom. The van der Waals surface area contributed by atoms with E-state index in [1.54, 1.807) is 18.3 Å². The Balaban J connectivity index is 1.60. The summed E-state index contributed by atoms with van der Waals surface area (Å²) in [6.45, 7) is 3.98. The van der Waals surface area contributed by atoms with Gasteiger partial charge in [-0.05, 0) is 31.5 Å². The first-order valence-corrected chi connectivity index (χ1v) is 9.25. The molecule has 3 heterocycles.